The zero-order valence-corrected chi connectivity index (χ0v) is 16.5. The van der Waals surface area contributed by atoms with E-state index in [0.29, 0.717) is 12.5 Å². The number of amides is 1. The number of aromatic nitrogens is 2. The second-order valence-electron chi connectivity index (χ2n) is 8.30. The first-order chi connectivity index (χ1) is 13.6. The molecular formula is C21H24ClFN4O. The minimum atomic E-state index is -0.373. The SMILES string of the molecule is O=C(C1CC1)N1CCc2[nH]cnc2C12CCN(Cc1ccc(Cl)c(F)c1)CC2. The molecular weight excluding hydrogens is 379 g/mol. The lowest BCUT2D eigenvalue weighted by molar-refractivity contribution is -0.143. The summed E-state index contributed by atoms with van der Waals surface area (Å²) < 4.78 is 13.8. The summed E-state index contributed by atoms with van der Waals surface area (Å²) in [5.41, 5.74) is 2.86. The number of aromatic amines is 1. The summed E-state index contributed by atoms with van der Waals surface area (Å²) in [6.07, 6.45) is 6.38. The van der Waals surface area contributed by atoms with Crippen molar-refractivity contribution in [3.63, 3.8) is 0 Å². The third-order valence-corrected chi connectivity index (χ3v) is 6.83. The molecule has 3 aliphatic rings. The normalized spacial score (nSPS) is 21.7. The van der Waals surface area contributed by atoms with Gasteiger partial charge in [-0.3, -0.25) is 9.69 Å². The van der Waals surface area contributed by atoms with E-state index in [4.69, 9.17) is 11.6 Å². The van der Waals surface area contributed by atoms with Gasteiger partial charge in [0.2, 0.25) is 5.91 Å². The number of benzene rings is 1. The van der Waals surface area contributed by atoms with Crippen LogP contribution in [0.4, 0.5) is 4.39 Å². The van der Waals surface area contributed by atoms with Crippen molar-refractivity contribution in [1.29, 1.82) is 0 Å². The van der Waals surface area contributed by atoms with Crippen LogP contribution in [0.3, 0.4) is 0 Å². The molecule has 2 fully saturated rings. The van der Waals surface area contributed by atoms with E-state index in [1.165, 1.54) is 11.8 Å². The molecule has 1 aliphatic carbocycles. The summed E-state index contributed by atoms with van der Waals surface area (Å²) in [5, 5.41) is 0.156. The Morgan fingerprint density at radius 3 is 2.79 bits per heavy atom. The van der Waals surface area contributed by atoms with Gasteiger partial charge in [0, 0.05) is 44.2 Å². The standard InChI is InChI=1S/C21H24ClFN4O/c22-16-4-1-14(11-17(16)23)12-26-9-6-21(7-10-26)19-18(24-13-25-19)5-8-27(21)20(28)15-2-3-15/h1,4,11,13,15H,2-3,5-10,12H2,(H,24,25). The lowest BCUT2D eigenvalue weighted by Gasteiger charge is -2.50. The fourth-order valence-electron chi connectivity index (χ4n) is 4.83. The Morgan fingerprint density at radius 1 is 1.29 bits per heavy atom. The van der Waals surface area contributed by atoms with Crippen LogP contribution in [0.25, 0.3) is 0 Å². The number of carbonyl (C=O) groups is 1. The number of likely N-dealkylation sites (tertiary alicyclic amines) is 1. The predicted molar refractivity (Wildman–Crippen MR) is 104 cm³/mol. The Balaban J connectivity index is 1.36. The first kappa shape index (κ1) is 18.1. The highest BCUT2D eigenvalue weighted by Crippen LogP contribution is 2.45. The molecule has 1 aromatic carbocycles. The summed E-state index contributed by atoms with van der Waals surface area (Å²) in [4.78, 5) is 25.4. The Hall–Kier alpha value is -1.92. The van der Waals surface area contributed by atoms with E-state index >= 15 is 0 Å². The number of hydrogen-bond acceptors (Lipinski definition) is 3. The maximum Gasteiger partial charge on any atom is 0.226 e. The van der Waals surface area contributed by atoms with E-state index in [9.17, 15) is 9.18 Å². The molecule has 28 heavy (non-hydrogen) atoms. The predicted octanol–water partition coefficient (Wildman–Crippen LogP) is 3.49. The number of nitrogens with zero attached hydrogens (tertiary/aromatic N) is 3. The van der Waals surface area contributed by atoms with Gasteiger partial charge in [0.05, 0.1) is 22.6 Å². The van der Waals surface area contributed by atoms with Crippen LogP contribution in [-0.4, -0.2) is 45.3 Å². The van der Waals surface area contributed by atoms with Crippen molar-refractivity contribution in [2.45, 2.75) is 44.2 Å². The molecule has 1 spiro atoms. The van der Waals surface area contributed by atoms with Crippen LogP contribution in [0.1, 0.15) is 42.6 Å². The smallest absolute Gasteiger partial charge is 0.226 e. The van der Waals surface area contributed by atoms with Crippen molar-refractivity contribution in [3.8, 4) is 0 Å². The van der Waals surface area contributed by atoms with E-state index in [1.807, 2.05) is 6.07 Å². The molecule has 1 N–H and O–H groups in total. The molecule has 2 aliphatic heterocycles. The van der Waals surface area contributed by atoms with E-state index in [-0.39, 0.29) is 22.3 Å². The highest BCUT2D eigenvalue weighted by Gasteiger charge is 2.50. The summed E-state index contributed by atoms with van der Waals surface area (Å²) in [6, 6.07) is 5.01. The Morgan fingerprint density at radius 2 is 2.07 bits per heavy atom. The van der Waals surface area contributed by atoms with Crippen LogP contribution < -0.4 is 0 Å². The molecule has 2 aromatic rings. The van der Waals surface area contributed by atoms with Crippen molar-refractivity contribution in [2.75, 3.05) is 19.6 Å². The maximum absolute atomic E-state index is 13.8. The zero-order chi connectivity index (χ0) is 19.3. The topological polar surface area (TPSA) is 52.2 Å². The average Bonchev–Trinajstić information content (AvgIpc) is 3.43. The fourth-order valence-corrected chi connectivity index (χ4v) is 4.95. The van der Waals surface area contributed by atoms with Crippen LogP contribution in [0.15, 0.2) is 24.5 Å². The van der Waals surface area contributed by atoms with Gasteiger partial charge in [0.1, 0.15) is 5.82 Å². The van der Waals surface area contributed by atoms with Crippen LogP contribution >= 0.6 is 11.6 Å². The van der Waals surface area contributed by atoms with Gasteiger partial charge in [-0.05, 0) is 43.4 Å². The number of H-pyrrole nitrogens is 1. The van der Waals surface area contributed by atoms with Crippen molar-refractivity contribution in [2.24, 2.45) is 5.92 Å². The molecule has 148 valence electrons. The number of fused-ring (bicyclic) bond motifs is 2. The van der Waals surface area contributed by atoms with E-state index in [2.05, 4.69) is 19.8 Å². The molecule has 0 unspecified atom stereocenters. The number of imidazole rings is 1. The number of nitrogens with one attached hydrogen (secondary N) is 1. The second-order valence-corrected chi connectivity index (χ2v) is 8.71. The first-order valence-corrected chi connectivity index (χ1v) is 10.5. The molecule has 3 heterocycles. The van der Waals surface area contributed by atoms with Gasteiger partial charge in [-0.2, -0.15) is 0 Å². The molecule has 1 saturated heterocycles. The number of carbonyl (C=O) groups excluding carboxylic acids is 1. The van der Waals surface area contributed by atoms with E-state index in [0.717, 1.165) is 63.0 Å². The summed E-state index contributed by atoms with van der Waals surface area (Å²) in [7, 11) is 0. The van der Waals surface area contributed by atoms with Gasteiger partial charge >= 0.3 is 0 Å². The van der Waals surface area contributed by atoms with Gasteiger partial charge in [0.15, 0.2) is 0 Å². The van der Waals surface area contributed by atoms with E-state index in [1.54, 1.807) is 12.4 Å². The molecule has 0 radical (unpaired) electrons. The molecule has 5 nitrogen and oxygen atoms in total. The van der Waals surface area contributed by atoms with Crippen LogP contribution in [0.5, 0.6) is 0 Å². The van der Waals surface area contributed by atoms with Crippen molar-refractivity contribution >= 4 is 17.5 Å². The van der Waals surface area contributed by atoms with Gasteiger partial charge in [-0.1, -0.05) is 17.7 Å². The molecule has 0 bridgehead atoms. The van der Waals surface area contributed by atoms with Crippen molar-refractivity contribution in [1.82, 2.24) is 19.8 Å². The molecule has 1 saturated carbocycles. The number of rotatable bonds is 3. The molecule has 1 amide bonds. The van der Waals surface area contributed by atoms with Crippen LogP contribution in [0.2, 0.25) is 5.02 Å². The lowest BCUT2D eigenvalue weighted by Crippen LogP contribution is -2.58. The lowest BCUT2D eigenvalue weighted by atomic mass is 9.78. The molecule has 5 rings (SSSR count). The minimum Gasteiger partial charge on any atom is -0.348 e. The monoisotopic (exact) mass is 402 g/mol. The van der Waals surface area contributed by atoms with Crippen molar-refractivity contribution in [3.05, 3.63) is 52.3 Å². The molecule has 0 atom stereocenters. The number of halogens is 2. The third kappa shape index (κ3) is 3.03. The molecule has 7 heteroatoms. The summed E-state index contributed by atoms with van der Waals surface area (Å²) in [5.74, 6) is 0.150. The van der Waals surface area contributed by atoms with Gasteiger partial charge < -0.3 is 9.88 Å². The summed E-state index contributed by atoms with van der Waals surface area (Å²) in [6.45, 7) is 3.16. The van der Waals surface area contributed by atoms with Crippen LogP contribution in [0, 0.1) is 11.7 Å². The second kappa shape index (κ2) is 6.85. The average molecular weight is 403 g/mol. The Kier molecular flexibility index (Phi) is 4.43. The number of hydrogen-bond donors (Lipinski definition) is 1. The quantitative estimate of drug-likeness (QED) is 0.855. The Bertz CT molecular complexity index is 902. The maximum atomic E-state index is 13.8. The zero-order valence-electron chi connectivity index (χ0n) is 15.8. The largest absolute Gasteiger partial charge is 0.348 e. The van der Waals surface area contributed by atoms with Gasteiger partial charge in [-0.15, -0.1) is 0 Å². The minimum absolute atomic E-state index is 0.156. The molecule has 1 aromatic heterocycles. The van der Waals surface area contributed by atoms with Gasteiger partial charge in [-0.25, -0.2) is 9.37 Å². The highest BCUT2D eigenvalue weighted by molar-refractivity contribution is 6.30. The summed E-state index contributed by atoms with van der Waals surface area (Å²) >= 11 is 5.80. The third-order valence-electron chi connectivity index (χ3n) is 6.53. The fraction of sp³-hybridized carbons (Fsp3) is 0.524. The van der Waals surface area contributed by atoms with Crippen molar-refractivity contribution < 1.29 is 9.18 Å². The van der Waals surface area contributed by atoms with Gasteiger partial charge in [0.25, 0.3) is 0 Å². The van der Waals surface area contributed by atoms with Crippen LogP contribution in [-0.2, 0) is 23.3 Å². The number of piperidine rings is 1. The Labute approximate surface area is 168 Å². The first-order valence-electron chi connectivity index (χ1n) is 10.1. The van der Waals surface area contributed by atoms with E-state index < -0.39 is 0 Å². The highest BCUT2D eigenvalue weighted by atomic mass is 35.5.